The van der Waals surface area contributed by atoms with E-state index < -0.39 is 0 Å². The lowest BCUT2D eigenvalue weighted by Gasteiger charge is -1.94. The standard InChI is InChI=1S/C8H7BrClNS2/c1-12-8-11-5-3-2-4(9)6(10)7(5)13-8/h2-3,11-12H,1H3. The van der Waals surface area contributed by atoms with E-state index in [1.165, 1.54) is 15.3 Å². The van der Waals surface area contributed by atoms with Gasteiger partial charge in [-0.3, -0.25) is 0 Å². The molecule has 0 atom stereocenters. The van der Waals surface area contributed by atoms with Crippen molar-refractivity contribution < 1.29 is 0 Å². The summed E-state index contributed by atoms with van der Waals surface area (Å²) in [6, 6.07) is 4.00. The third-order valence-corrected chi connectivity index (χ3v) is 5.35. The Morgan fingerprint density at radius 2 is 2.31 bits per heavy atom. The SMILES string of the molecule is C/[SH]=c1/[nH]c2ccc(Br)c(Cl)c2s1. The maximum atomic E-state index is 6.14. The Balaban J connectivity index is 2.92. The highest BCUT2D eigenvalue weighted by Gasteiger charge is 2.04. The number of benzene rings is 1. The van der Waals surface area contributed by atoms with Gasteiger partial charge in [0.2, 0.25) is 0 Å². The maximum absolute atomic E-state index is 6.14. The molecule has 1 aromatic heterocycles. The first-order valence-corrected chi connectivity index (χ1v) is 6.95. The second kappa shape index (κ2) is 3.77. The summed E-state index contributed by atoms with van der Waals surface area (Å²) in [6.07, 6.45) is 2.10. The van der Waals surface area contributed by atoms with Gasteiger partial charge in [0.05, 0.1) is 15.2 Å². The lowest BCUT2D eigenvalue weighted by Crippen LogP contribution is -1.70. The highest BCUT2D eigenvalue weighted by atomic mass is 79.9. The molecule has 0 aliphatic rings. The Morgan fingerprint density at radius 3 is 3.00 bits per heavy atom. The Morgan fingerprint density at radius 1 is 1.54 bits per heavy atom. The summed E-state index contributed by atoms with van der Waals surface area (Å²) in [4.78, 5) is 3.31. The van der Waals surface area contributed by atoms with Gasteiger partial charge in [-0.15, -0.1) is 11.3 Å². The smallest absolute Gasteiger partial charge is 0.116 e. The van der Waals surface area contributed by atoms with Crippen LogP contribution in [0.5, 0.6) is 0 Å². The molecule has 0 aliphatic carbocycles. The molecule has 70 valence electrons. The number of thiazole rings is 1. The monoisotopic (exact) mass is 295 g/mol. The van der Waals surface area contributed by atoms with Gasteiger partial charge in [-0.25, -0.2) is 0 Å². The van der Waals surface area contributed by atoms with Gasteiger partial charge < -0.3 is 4.98 Å². The second-order valence-corrected chi connectivity index (χ2v) is 5.94. The molecule has 1 nitrogen and oxygen atoms in total. The van der Waals surface area contributed by atoms with Gasteiger partial charge in [0.1, 0.15) is 3.95 Å². The average Bonchev–Trinajstić information content (AvgIpc) is 2.55. The Hall–Kier alpha value is 0.230. The molecule has 0 saturated carbocycles. The number of hydrogen-bond acceptors (Lipinski definition) is 1. The fraction of sp³-hybridized carbons (Fsp3) is 0.125. The Labute approximate surface area is 96.8 Å². The summed E-state index contributed by atoms with van der Waals surface area (Å²) in [6.45, 7) is 0. The average molecular weight is 297 g/mol. The third kappa shape index (κ3) is 1.73. The minimum absolute atomic E-state index is 0.800. The quantitative estimate of drug-likeness (QED) is 0.533. The maximum Gasteiger partial charge on any atom is 0.116 e. The number of hydrogen-bond donors (Lipinski definition) is 2. The molecule has 0 saturated heterocycles. The van der Waals surface area contributed by atoms with Crippen molar-refractivity contribution in [1.29, 1.82) is 0 Å². The third-order valence-electron chi connectivity index (χ3n) is 1.69. The van der Waals surface area contributed by atoms with E-state index in [4.69, 9.17) is 11.6 Å². The van der Waals surface area contributed by atoms with Crippen LogP contribution in [0.2, 0.25) is 5.02 Å². The number of rotatable bonds is 0. The van der Waals surface area contributed by atoms with E-state index in [0.29, 0.717) is 0 Å². The van der Waals surface area contributed by atoms with Crippen LogP contribution >= 0.6 is 50.2 Å². The second-order valence-electron chi connectivity index (χ2n) is 2.49. The fourth-order valence-corrected chi connectivity index (χ4v) is 3.47. The largest absolute Gasteiger partial charge is 0.341 e. The number of fused-ring (bicyclic) bond motifs is 1. The zero-order chi connectivity index (χ0) is 9.42. The van der Waals surface area contributed by atoms with E-state index in [-0.39, 0.29) is 0 Å². The van der Waals surface area contributed by atoms with Gasteiger partial charge in [-0.1, -0.05) is 11.6 Å². The Kier molecular flexibility index (Phi) is 2.83. The van der Waals surface area contributed by atoms with Crippen LogP contribution in [-0.4, -0.2) is 11.2 Å². The van der Waals surface area contributed by atoms with Crippen molar-refractivity contribution >= 4 is 60.4 Å². The molecule has 0 unspecified atom stereocenters. The number of thiol groups is 1. The molecule has 1 heterocycles. The van der Waals surface area contributed by atoms with Crippen LogP contribution in [0.25, 0.3) is 10.2 Å². The van der Waals surface area contributed by atoms with E-state index in [1.807, 2.05) is 12.1 Å². The van der Waals surface area contributed by atoms with Gasteiger partial charge in [-0.2, -0.15) is 11.4 Å². The van der Waals surface area contributed by atoms with Crippen molar-refractivity contribution in [1.82, 2.24) is 4.98 Å². The van der Waals surface area contributed by atoms with Crippen LogP contribution in [0.15, 0.2) is 16.6 Å². The number of nitrogens with one attached hydrogen (secondary N) is 1. The van der Waals surface area contributed by atoms with Gasteiger partial charge in [0.25, 0.3) is 0 Å². The van der Waals surface area contributed by atoms with Crippen LogP contribution in [0.3, 0.4) is 0 Å². The van der Waals surface area contributed by atoms with Gasteiger partial charge in [0, 0.05) is 4.47 Å². The topological polar surface area (TPSA) is 15.8 Å². The van der Waals surface area contributed by atoms with Crippen molar-refractivity contribution in [2.45, 2.75) is 0 Å². The molecule has 0 amide bonds. The van der Waals surface area contributed by atoms with Gasteiger partial charge in [0.15, 0.2) is 0 Å². The summed E-state index contributed by atoms with van der Waals surface area (Å²) in [5.74, 6) is 0. The summed E-state index contributed by atoms with van der Waals surface area (Å²) in [7, 11) is 0. The molecule has 1 aromatic carbocycles. The van der Waals surface area contributed by atoms with Gasteiger partial charge in [-0.05, 0) is 34.3 Å². The molecule has 0 bridgehead atoms. The zero-order valence-corrected chi connectivity index (χ0v) is 10.8. The normalized spacial score (nSPS) is 13.3. The first-order chi connectivity index (χ1) is 6.22. The van der Waals surface area contributed by atoms with Crippen LogP contribution in [0.1, 0.15) is 0 Å². The number of H-pyrrole nitrogens is 1. The Bertz CT molecular complexity index is 514. The molecule has 0 radical (unpaired) electrons. The van der Waals surface area contributed by atoms with Crippen LogP contribution in [0.4, 0.5) is 0 Å². The minimum atomic E-state index is 0.800. The van der Waals surface area contributed by atoms with Crippen molar-refractivity contribution in [3.63, 3.8) is 0 Å². The summed E-state index contributed by atoms with van der Waals surface area (Å²) in [5.41, 5.74) is 1.11. The number of aromatic nitrogens is 1. The zero-order valence-electron chi connectivity index (χ0n) is 6.77. The van der Waals surface area contributed by atoms with E-state index in [2.05, 4.69) is 27.2 Å². The summed E-state index contributed by atoms with van der Waals surface area (Å²) >= 11 is 12.5. The molecule has 1 N–H and O–H groups in total. The highest BCUT2D eigenvalue weighted by molar-refractivity contribution is 9.10. The van der Waals surface area contributed by atoms with Crippen LogP contribution in [-0.2, 0) is 0 Å². The summed E-state index contributed by atoms with van der Waals surface area (Å²) in [5, 5.41) is 0.800. The predicted octanol–water partition coefficient (Wildman–Crippen LogP) is 4.27. The summed E-state index contributed by atoms with van der Waals surface area (Å²) < 4.78 is 3.31. The van der Waals surface area contributed by atoms with E-state index in [1.54, 1.807) is 11.3 Å². The van der Waals surface area contributed by atoms with E-state index >= 15 is 0 Å². The van der Waals surface area contributed by atoms with Crippen LogP contribution < -0.4 is 0 Å². The molecule has 0 aliphatic heterocycles. The highest BCUT2D eigenvalue weighted by Crippen LogP contribution is 2.33. The van der Waals surface area contributed by atoms with Crippen molar-refractivity contribution in [3.05, 3.63) is 25.6 Å². The molecule has 2 aromatic rings. The van der Waals surface area contributed by atoms with E-state index in [9.17, 15) is 0 Å². The van der Waals surface area contributed by atoms with Crippen molar-refractivity contribution in [3.8, 4) is 0 Å². The van der Waals surface area contributed by atoms with Gasteiger partial charge >= 0.3 is 0 Å². The van der Waals surface area contributed by atoms with Crippen molar-refractivity contribution in [2.75, 3.05) is 6.26 Å². The molecule has 5 heteroatoms. The first kappa shape index (κ1) is 9.77. The van der Waals surface area contributed by atoms with Crippen molar-refractivity contribution in [2.24, 2.45) is 0 Å². The molecule has 2 rings (SSSR count). The fourth-order valence-electron chi connectivity index (χ4n) is 1.07. The molecule has 13 heavy (non-hydrogen) atoms. The number of halogens is 2. The minimum Gasteiger partial charge on any atom is -0.341 e. The van der Waals surface area contributed by atoms with Crippen LogP contribution in [0, 0.1) is 3.95 Å². The molecule has 0 spiro atoms. The lowest BCUT2D eigenvalue weighted by molar-refractivity contribution is 1.47. The molecule has 0 fully saturated rings. The first-order valence-electron chi connectivity index (χ1n) is 3.62. The van der Waals surface area contributed by atoms with E-state index in [0.717, 1.165) is 19.7 Å². The predicted molar refractivity (Wildman–Crippen MR) is 67.0 cm³/mol. The molecular weight excluding hydrogens is 290 g/mol. The number of aromatic amines is 1. The molecular formula is C8H7BrClNS2. The lowest BCUT2D eigenvalue weighted by atomic mass is 10.3.